The summed E-state index contributed by atoms with van der Waals surface area (Å²) in [5, 5.41) is 3.92. The Morgan fingerprint density at radius 1 is 1.38 bits per heavy atom. The van der Waals surface area contributed by atoms with Gasteiger partial charge in [-0.1, -0.05) is 25.1 Å². The van der Waals surface area contributed by atoms with Gasteiger partial charge in [0.05, 0.1) is 13.0 Å². The Kier molecular flexibility index (Phi) is 5.03. The molecule has 6 heteroatoms. The van der Waals surface area contributed by atoms with Crippen LogP contribution in [0.2, 0.25) is 0 Å². The Balaban J connectivity index is 2.15. The summed E-state index contributed by atoms with van der Waals surface area (Å²) in [5.74, 6) is -0.0318. The molecule has 0 spiro atoms. The second-order valence-electron chi connectivity index (χ2n) is 5.02. The van der Waals surface area contributed by atoms with Gasteiger partial charge in [0.1, 0.15) is 5.92 Å². The molecule has 0 aliphatic rings. The summed E-state index contributed by atoms with van der Waals surface area (Å²) >= 11 is 0. The van der Waals surface area contributed by atoms with Crippen LogP contribution >= 0.6 is 0 Å². The molecule has 0 amide bonds. The summed E-state index contributed by atoms with van der Waals surface area (Å²) in [6.07, 6.45) is 2.18. The molecule has 0 saturated heterocycles. The van der Waals surface area contributed by atoms with E-state index in [1.807, 2.05) is 32.0 Å². The number of aromatic nitrogens is 3. The van der Waals surface area contributed by atoms with E-state index in [9.17, 15) is 4.79 Å². The zero-order valence-corrected chi connectivity index (χ0v) is 12.4. The highest BCUT2D eigenvalue weighted by atomic mass is 16.5. The number of rotatable bonds is 6. The maximum atomic E-state index is 12.0. The lowest BCUT2D eigenvalue weighted by Gasteiger charge is -2.14. The standard InChI is InChI=1S/C15H19N3O3/c1-4-20-15(19)13(10(2)3)14-17-12(18-21-14)9-11-7-5-6-8-16-11/h5-8,10,13H,4,9H2,1-3H3. The maximum Gasteiger partial charge on any atom is 0.318 e. The molecule has 0 bridgehead atoms. The predicted octanol–water partition coefficient (Wildman–Crippen LogP) is 2.36. The Labute approximate surface area is 123 Å². The Morgan fingerprint density at radius 3 is 2.81 bits per heavy atom. The van der Waals surface area contributed by atoms with Crippen molar-refractivity contribution >= 4 is 5.97 Å². The fourth-order valence-electron chi connectivity index (χ4n) is 2.02. The van der Waals surface area contributed by atoms with Crippen LogP contribution < -0.4 is 0 Å². The molecule has 0 aliphatic heterocycles. The summed E-state index contributed by atoms with van der Waals surface area (Å²) in [7, 11) is 0. The molecule has 6 nitrogen and oxygen atoms in total. The lowest BCUT2D eigenvalue weighted by atomic mass is 9.96. The number of hydrogen-bond acceptors (Lipinski definition) is 6. The van der Waals surface area contributed by atoms with Gasteiger partial charge in [0.2, 0.25) is 5.89 Å². The van der Waals surface area contributed by atoms with Crippen LogP contribution in [0.25, 0.3) is 0 Å². The van der Waals surface area contributed by atoms with Gasteiger partial charge < -0.3 is 9.26 Å². The van der Waals surface area contributed by atoms with Crippen LogP contribution in [0.3, 0.4) is 0 Å². The van der Waals surface area contributed by atoms with Crippen LogP contribution in [0.5, 0.6) is 0 Å². The number of pyridine rings is 1. The second kappa shape index (κ2) is 6.97. The predicted molar refractivity (Wildman–Crippen MR) is 75.6 cm³/mol. The van der Waals surface area contributed by atoms with Gasteiger partial charge in [-0.15, -0.1) is 0 Å². The molecule has 0 radical (unpaired) electrons. The molecule has 0 fully saturated rings. The molecule has 0 N–H and O–H groups in total. The number of esters is 1. The molecular formula is C15H19N3O3. The van der Waals surface area contributed by atoms with E-state index in [1.165, 1.54) is 0 Å². The van der Waals surface area contributed by atoms with Crippen molar-refractivity contribution in [3.8, 4) is 0 Å². The number of ether oxygens (including phenoxy) is 1. The molecule has 0 saturated carbocycles. The number of carbonyl (C=O) groups is 1. The molecule has 2 aromatic rings. The Hall–Kier alpha value is -2.24. The van der Waals surface area contributed by atoms with Crippen molar-refractivity contribution in [3.63, 3.8) is 0 Å². The Bertz CT molecular complexity index is 581. The average molecular weight is 289 g/mol. The minimum Gasteiger partial charge on any atom is -0.465 e. The highest BCUT2D eigenvalue weighted by molar-refractivity contribution is 5.77. The molecule has 2 rings (SSSR count). The normalized spacial score (nSPS) is 12.4. The first-order valence-electron chi connectivity index (χ1n) is 7.00. The molecule has 0 aromatic carbocycles. The largest absolute Gasteiger partial charge is 0.465 e. The molecule has 112 valence electrons. The molecule has 0 aliphatic carbocycles. The zero-order valence-electron chi connectivity index (χ0n) is 12.4. The van der Waals surface area contributed by atoms with Gasteiger partial charge in [-0.05, 0) is 25.0 Å². The topological polar surface area (TPSA) is 78.1 Å². The third-order valence-corrected chi connectivity index (χ3v) is 3.02. The van der Waals surface area contributed by atoms with Gasteiger partial charge in [0.15, 0.2) is 5.82 Å². The highest BCUT2D eigenvalue weighted by Gasteiger charge is 2.31. The minimum absolute atomic E-state index is 0.0206. The third-order valence-electron chi connectivity index (χ3n) is 3.02. The van der Waals surface area contributed by atoms with Gasteiger partial charge in [-0.25, -0.2) is 0 Å². The summed E-state index contributed by atoms with van der Waals surface area (Å²) in [6, 6.07) is 5.64. The van der Waals surface area contributed by atoms with Crippen LogP contribution in [0.15, 0.2) is 28.9 Å². The van der Waals surface area contributed by atoms with Gasteiger partial charge >= 0.3 is 5.97 Å². The fraction of sp³-hybridized carbons (Fsp3) is 0.467. The lowest BCUT2D eigenvalue weighted by Crippen LogP contribution is -2.21. The summed E-state index contributed by atoms with van der Waals surface area (Å²) in [4.78, 5) is 20.5. The van der Waals surface area contributed by atoms with E-state index < -0.39 is 5.92 Å². The smallest absolute Gasteiger partial charge is 0.318 e. The maximum absolute atomic E-state index is 12.0. The first-order chi connectivity index (χ1) is 10.1. The van der Waals surface area contributed by atoms with E-state index in [0.717, 1.165) is 5.69 Å². The van der Waals surface area contributed by atoms with Gasteiger partial charge in [0, 0.05) is 11.9 Å². The van der Waals surface area contributed by atoms with Gasteiger partial charge in [-0.2, -0.15) is 4.98 Å². The molecule has 2 aromatic heterocycles. The van der Waals surface area contributed by atoms with Crippen LogP contribution in [0.4, 0.5) is 0 Å². The second-order valence-corrected chi connectivity index (χ2v) is 5.02. The van der Waals surface area contributed by atoms with Crippen LogP contribution in [0, 0.1) is 5.92 Å². The van der Waals surface area contributed by atoms with Crippen molar-refractivity contribution in [1.82, 2.24) is 15.1 Å². The van der Waals surface area contributed by atoms with E-state index in [1.54, 1.807) is 13.1 Å². The highest BCUT2D eigenvalue weighted by Crippen LogP contribution is 2.24. The number of nitrogens with zero attached hydrogens (tertiary/aromatic N) is 3. The van der Waals surface area contributed by atoms with E-state index in [-0.39, 0.29) is 11.9 Å². The zero-order chi connectivity index (χ0) is 15.2. The van der Waals surface area contributed by atoms with E-state index >= 15 is 0 Å². The van der Waals surface area contributed by atoms with Crippen molar-refractivity contribution in [1.29, 1.82) is 0 Å². The van der Waals surface area contributed by atoms with Crippen LogP contribution in [0.1, 0.15) is 44.1 Å². The van der Waals surface area contributed by atoms with Gasteiger partial charge in [0.25, 0.3) is 0 Å². The van der Waals surface area contributed by atoms with Gasteiger partial charge in [-0.3, -0.25) is 9.78 Å². The fourth-order valence-corrected chi connectivity index (χ4v) is 2.02. The van der Waals surface area contributed by atoms with Crippen molar-refractivity contribution in [3.05, 3.63) is 41.8 Å². The minimum atomic E-state index is -0.532. The van der Waals surface area contributed by atoms with Crippen molar-refractivity contribution < 1.29 is 14.1 Å². The first kappa shape index (κ1) is 15.2. The molecule has 21 heavy (non-hydrogen) atoms. The van der Waals surface area contributed by atoms with Crippen LogP contribution in [-0.4, -0.2) is 27.7 Å². The number of carbonyl (C=O) groups excluding carboxylic acids is 1. The average Bonchev–Trinajstić information content (AvgIpc) is 2.88. The molecule has 1 unspecified atom stereocenters. The van der Waals surface area contributed by atoms with Crippen LogP contribution in [-0.2, 0) is 16.0 Å². The van der Waals surface area contributed by atoms with E-state index in [4.69, 9.17) is 9.26 Å². The molecule has 1 atom stereocenters. The van der Waals surface area contributed by atoms with Crippen molar-refractivity contribution in [2.75, 3.05) is 6.61 Å². The van der Waals surface area contributed by atoms with E-state index in [2.05, 4.69) is 15.1 Å². The monoisotopic (exact) mass is 289 g/mol. The van der Waals surface area contributed by atoms with Crippen molar-refractivity contribution in [2.24, 2.45) is 5.92 Å². The third kappa shape index (κ3) is 3.87. The quantitative estimate of drug-likeness (QED) is 0.760. The molecular weight excluding hydrogens is 270 g/mol. The molecule has 2 heterocycles. The SMILES string of the molecule is CCOC(=O)C(c1nc(Cc2ccccn2)no1)C(C)C. The summed E-state index contributed by atoms with van der Waals surface area (Å²) < 4.78 is 10.3. The Morgan fingerprint density at radius 2 is 2.19 bits per heavy atom. The lowest BCUT2D eigenvalue weighted by molar-refractivity contribution is -0.146. The summed E-state index contributed by atoms with van der Waals surface area (Å²) in [6.45, 7) is 5.95. The van der Waals surface area contributed by atoms with E-state index in [0.29, 0.717) is 24.7 Å². The number of hydrogen-bond donors (Lipinski definition) is 0. The summed E-state index contributed by atoms with van der Waals surface area (Å²) in [5.41, 5.74) is 0.849. The first-order valence-corrected chi connectivity index (χ1v) is 7.00. The van der Waals surface area contributed by atoms with Crippen molar-refractivity contribution in [2.45, 2.75) is 33.1 Å².